The van der Waals surface area contributed by atoms with Gasteiger partial charge in [0.15, 0.2) is 18.2 Å². The lowest BCUT2D eigenvalue weighted by atomic mass is 10.0. The zero-order valence-corrected chi connectivity index (χ0v) is 32.3. The topological polar surface area (TPSA) is 168 Å². The van der Waals surface area contributed by atoms with E-state index in [4.69, 9.17) is 30.5 Å². The van der Waals surface area contributed by atoms with Gasteiger partial charge in [0, 0.05) is 18.8 Å². The highest BCUT2D eigenvalue weighted by Gasteiger charge is 2.64. The summed E-state index contributed by atoms with van der Waals surface area (Å²) in [5.74, 6) is -9.51. The summed E-state index contributed by atoms with van der Waals surface area (Å²) in [6.45, 7) is 4.20. The molecule has 0 aliphatic heterocycles. The van der Waals surface area contributed by atoms with Crippen molar-refractivity contribution in [3.05, 3.63) is 52.4 Å². The molecule has 59 heavy (non-hydrogen) atoms. The fraction of sp³-hybridized carbons (Fsp3) is 0.528. The third-order valence-corrected chi connectivity index (χ3v) is 9.49. The molecule has 0 bridgehead atoms. The molecule has 1 amide bonds. The summed E-state index contributed by atoms with van der Waals surface area (Å²) in [5, 5.41) is 16.4. The lowest BCUT2D eigenvalue weighted by molar-refractivity contribution is -0.292. The van der Waals surface area contributed by atoms with Crippen LogP contribution < -0.4 is 0 Å². The third-order valence-electron chi connectivity index (χ3n) is 9.16. The SMILES string of the molecule is Cn1nc(C(F)(F)C(F)(F)F)c(C(F)(F)F)c1-n1cc(-c2ccc(Cl)c(C(=O)N(COC(=O)O[C@@H]3CCCC3OC(=O)CCC(=O)OC(C)(C)C)C3(C#N)CC3)c2)cn1. The Hall–Kier alpha value is -5.46. The molecule has 2 aliphatic carbocycles. The number of alkyl halides is 8. The number of nitriles is 1. The van der Waals surface area contributed by atoms with Crippen LogP contribution in [-0.2, 0) is 47.7 Å². The quantitative estimate of drug-likeness (QED) is 0.0754. The van der Waals surface area contributed by atoms with Crippen molar-refractivity contribution in [2.75, 3.05) is 6.73 Å². The van der Waals surface area contributed by atoms with E-state index in [1.54, 1.807) is 20.8 Å². The average molecular weight is 867 g/mol. The second-order valence-corrected chi connectivity index (χ2v) is 15.1. The second kappa shape index (κ2) is 16.3. The van der Waals surface area contributed by atoms with Crippen LogP contribution in [0.5, 0.6) is 0 Å². The molecule has 0 spiro atoms. The van der Waals surface area contributed by atoms with E-state index in [0.29, 0.717) is 31.0 Å². The molecule has 320 valence electrons. The van der Waals surface area contributed by atoms with Crippen LogP contribution in [0.15, 0.2) is 30.6 Å². The summed E-state index contributed by atoms with van der Waals surface area (Å²) in [5.41, 5.74) is -7.44. The molecular weight excluding hydrogens is 832 g/mol. The maximum atomic E-state index is 14.2. The number of ether oxygens (including phenoxy) is 4. The predicted octanol–water partition coefficient (Wildman–Crippen LogP) is 7.79. The van der Waals surface area contributed by atoms with E-state index >= 15 is 0 Å². The highest BCUT2D eigenvalue weighted by Crippen LogP contribution is 2.49. The Morgan fingerprint density at radius 1 is 0.966 bits per heavy atom. The Kier molecular flexibility index (Phi) is 12.3. The number of carbonyl (C=O) groups is 4. The van der Waals surface area contributed by atoms with Crippen LogP contribution in [0.1, 0.15) is 87.3 Å². The zero-order chi connectivity index (χ0) is 43.9. The summed E-state index contributed by atoms with van der Waals surface area (Å²) >= 11 is 6.36. The zero-order valence-electron chi connectivity index (χ0n) is 31.5. The second-order valence-electron chi connectivity index (χ2n) is 14.7. The van der Waals surface area contributed by atoms with Crippen molar-refractivity contribution >= 4 is 35.6 Å². The Bertz CT molecular complexity index is 2150. The van der Waals surface area contributed by atoms with Gasteiger partial charge in [-0.3, -0.25) is 19.3 Å². The van der Waals surface area contributed by atoms with E-state index < -0.39 is 89.4 Å². The average Bonchev–Trinajstić information content (AvgIpc) is 3.38. The maximum Gasteiger partial charge on any atom is 0.510 e. The van der Waals surface area contributed by atoms with Crippen LogP contribution in [0.3, 0.4) is 0 Å². The van der Waals surface area contributed by atoms with Gasteiger partial charge in [-0.1, -0.05) is 17.7 Å². The summed E-state index contributed by atoms with van der Waals surface area (Å²) in [6, 6.07) is 5.66. The van der Waals surface area contributed by atoms with Crippen LogP contribution in [-0.4, -0.2) is 84.7 Å². The van der Waals surface area contributed by atoms with E-state index in [2.05, 4.69) is 10.2 Å². The van der Waals surface area contributed by atoms with Crippen molar-refractivity contribution in [2.24, 2.45) is 7.05 Å². The third kappa shape index (κ3) is 9.88. The standard InChI is InChI=1S/C36H35ClF8N6O8/c1-32(2,3)59-26(53)11-10-25(52)57-23-6-5-7-24(23)58-31(55)56-18-50(33(17-46)12-13-33)30(54)21-14-19(8-9-22(21)37)20-15-47-51(16-20)29-27(35(40,41)42)28(48-49(29)4)34(38,39)36(43,44)45/h8-9,14-16,23-24H,5-7,10-13,18H2,1-4H3/t23?,24-/m1/s1. The van der Waals surface area contributed by atoms with Gasteiger partial charge < -0.3 is 18.9 Å². The number of hydrogen-bond acceptors (Lipinski definition) is 11. The van der Waals surface area contributed by atoms with E-state index in [9.17, 15) is 59.6 Å². The molecule has 2 heterocycles. The number of benzene rings is 1. The van der Waals surface area contributed by atoms with Gasteiger partial charge in [0.05, 0.1) is 35.7 Å². The van der Waals surface area contributed by atoms with E-state index in [0.717, 1.165) is 23.4 Å². The Morgan fingerprint density at radius 3 is 2.17 bits per heavy atom. The van der Waals surface area contributed by atoms with Crippen LogP contribution in [0, 0.1) is 11.3 Å². The first-order valence-electron chi connectivity index (χ1n) is 17.7. The van der Waals surface area contributed by atoms with Crippen molar-refractivity contribution in [2.45, 2.75) is 107 Å². The number of rotatable bonds is 12. The van der Waals surface area contributed by atoms with Crippen molar-refractivity contribution < 1.29 is 73.2 Å². The molecule has 1 unspecified atom stereocenters. The molecule has 0 N–H and O–H groups in total. The van der Waals surface area contributed by atoms with Crippen LogP contribution >= 0.6 is 11.6 Å². The number of amides is 1. The van der Waals surface area contributed by atoms with Crippen molar-refractivity contribution in [3.8, 4) is 23.0 Å². The normalized spacial score (nSPS) is 17.8. The summed E-state index contributed by atoms with van der Waals surface area (Å²) in [7, 11) is 0.717. The molecule has 23 heteroatoms. The smallest absolute Gasteiger partial charge is 0.460 e. The molecular formula is C36H35ClF8N6O8. The molecule has 2 atom stereocenters. The fourth-order valence-corrected chi connectivity index (χ4v) is 6.39. The molecule has 0 radical (unpaired) electrons. The highest BCUT2D eigenvalue weighted by molar-refractivity contribution is 6.34. The molecule has 14 nitrogen and oxygen atoms in total. The monoisotopic (exact) mass is 866 g/mol. The minimum absolute atomic E-state index is 0.0515. The van der Waals surface area contributed by atoms with Gasteiger partial charge in [-0.05, 0) is 70.6 Å². The van der Waals surface area contributed by atoms with Gasteiger partial charge in [0.1, 0.15) is 28.9 Å². The van der Waals surface area contributed by atoms with E-state index in [1.807, 2.05) is 6.07 Å². The fourth-order valence-electron chi connectivity index (χ4n) is 6.19. The van der Waals surface area contributed by atoms with E-state index in [-0.39, 0.29) is 52.1 Å². The Labute approximate surface area is 334 Å². The maximum absolute atomic E-state index is 14.2. The van der Waals surface area contributed by atoms with Gasteiger partial charge in [0.25, 0.3) is 5.91 Å². The summed E-state index contributed by atoms with van der Waals surface area (Å²) < 4.78 is 132. The predicted molar refractivity (Wildman–Crippen MR) is 185 cm³/mol. The number of hydrogen-bond donors (Lipinski definition) is 0. The number of carbonyl (C=O) groups excluding carboxylic acids is 4. The number of aromatic nitrogens is 4. The number of esters is 2. The van der Waals surface area contributed by atoms with Crippen LogP contribution in [0.2, 0.25) is 5.02 Å². The van der Waals surface area contributed by atoms with Gasteiger partial charge in [-0.25, -0.2) is 14.2 Å². The molecule has 2 aliphatic rings. The van der Waals surface area contributed by atoms with Gasteiger partial charge in [0.2, 0.25) is 0 Å². The minimum atomic E-state index is -6.41. The summed E-state index contributed by atoms with van der Waals surface area (Å²) in [6.07, 6.45) is -12.4. The summed E-state index contributed by atoms with van der Waals surface area (Å²) in [4.78, 5) is 52.1. The minimum Gasteiger partial charge on any atom is -0.460 e. The van der Waals surface area contributed by atoms with Crippen LogP contribution in [0.25, 0.3) is 16.9 Å². The lowest BCUT2D eigenvalue weighted by Crippen LogP contribution is -2.44. The molecule has 2 saturated carbocycles. The van der Waals surface area contributed by atoms with Gasteiger partial charge in [-0.2, -0.15) is 50.6 Å². The molecule has 2 aromatic heterocycles. The van der Waals surface area contributed by atoms with Crippen molar-refractivity contribution in [1.29, 1.82) is 5.26 Å². The Balaban J connectivity index is 1.31. The molecule has 2 fully saturated rings. The number of halogens is 9. The number of aryl methyl sites for hydroxylation is 1. The largest absolute Gasteiger partial charge is 0.510 e. The lowest BCUT2D eigenvalue weighted by Gasteiger charge is -2.27. The van der Waals surface area contributed by atoms with Crippen molar-refractivity contribution in [3.63, 3.8) is 0 Å². The molecule has 5 rings (SSSR count). The Morgan fingerprint density at radius 2 is 1.59 bits per heavy atom. The molecule has 1 aromatic carbocycles. The molecule has 3 aromatic rings. The highest BCUT2D eigenvalue weighted by atomic mass is 35.5. The van der Waals surface area contributed by atoms with Gasteiger partial charge in [-0.15, -0.1) is 0 Å². The van der Waals surface area contributed by atoms with E-state index in [1.165, 1.54) is 12.1 Å². The first-order valence-corrected chi connectivity index (χ1v) is 18.1. The first-order chi connectivity index (χ1) is 27.3. The number of nitrogens with zero attached hydrogens (tertiary/aromatic N) is 6. The molecule has 0 saturated heterocycles. The van der Waals surface area contributed by atoms with Gasteiger partial charge >= 0.3 is 36.4 Å². The first kappa shape index (κ1) is 44.6. The van der Waals surface area contributed by atoms with Crippen molar-refractivity contribution in [1.82, 2.24) is 24.5 Å². The van der Waals surface area contributed by atoms with Crippen LogP contribution in [0.4, 0.5) is 39.9 Å².